The van der Waals surface area contributed by atoms with Crippen LogP contribution < -0.4 is 0 Å². The number of hydrogen-bond acceptors (Lipinski definition) is 3. The molecule has 1 aromatic heterocycles. The first-order chi connectivity index (χ1) is 11.7. The van der Waals surface area contributed by atoms with E-state index in [0.717, 1.165) is 45.2 Å². The van der Waals surface area contributed by atoms with Gasteiger partial charge < -0.3 is 9.80 Å². The maximum absolute atomic E-state index is 12.4. The largest absolute Gasteiger partial charge is 0.342 e. The first-order valence-electron chi connectivity index (χ1n) is 9.68. The zero-order chi connectivity index (χ0) is 16.8. The van der Waals surface area contributed by atoms with Crippen LogP contribution in [0.5, 0.6) is 0 Å². The van der Waals surface area contributed by atoms with Crippen LogP contribution in [-0.4, -0.2) is 58.2 Å². The first-order valence-corrected chi connectivity index (χ1v) is 9.68. The topological polar surface area (TPSA) is 41.4 Å². The van der Waals surface area contributed by atoms with Gasteiger partial charge in [-0.15, -0.1) is 0 Å². The zero-order valence-corrected chi connectivity index (χ0v) is 15.1. The van der Waals surface area contributed by atoms with Crippen molar-refractivity contribution in [2.24, 2.45) is 11.8 Å². The quantitative estimate of drug-likeness (QED) is 0.804. The molecule has 3 rings (SSSR count). The summed E-state index contributed by atoms with van der Waals surface area (Å²) >= 11 is 0. The maximum Gasteiger partial charge on any atom is 0.223 e. The van der Waals surface area contributed by atoms with Crippen molar-refractivity contribution in [2.45, 2.75) is 52.0 Å². The highest BCUT2D eigenvalue weighted by Crippen LogP contribution is 2.21. The van der Waals surface area contributed by atoms with E-state index in [4.69, 9.17) is 0 Å². The molecule has 0 aliphatic carbocycles. The second kappa shape index (κ2) is 8.65. The Bertz CT molecular complexity index is 493. The third kappa shape index (κ3) is 5.07. The van der Waals surface area contributed by atoms with Crippen molar-refractivity contribution in [3.63, 3.8) is 0 Å². The van der Waals surface area contributed by atoms with Gasteiger partial charge in [0.1, 0.15) is 0 Å². The lowest BCUT2D eigenvalue weighted by Gasteiger charge is -2.34. The van der Waals surface area contributed by atoms with Gasteiger partial charge in [-0.05, 0) is 63.1 Å². The summed E-state index contributed by atoms with van der Waals surface area (Å²) in [5.74, 6) is 1.85. The van der Waals surface area contributed by atoms with Gasteiger partial charge in [0.15, 0.2) is 0 Å². The fourth-order valence-electron chi connectivity index (χ4n) is 4.07. The van der Waals surface area contributed by atoms with Crippen LogP contribution in [0.15, 0.2) is 18.5 Å². The van der Waals surface area contributed by atoms with Crippen molar-refractivity contribution in [3.05, 3.63) is 18.5 Å². The first kappa shape index (κ1) is 17.5. The average molecular weight is 332 g/mol. The molecule has 5 nitrogen and oxygen atoms in total. The lowest BCUT2D eigenvalue weighted by molar-refractivity contribution is -0.133. The number of hydrogen-bond donors (Lipinski definition) is 0. The highest BCUT2D eigenvalue weighted by molar-refractivity contribution is 5.76. The SMILES string of the molecule is C[C@@H]1CCCN(C(=O)CCN2CCC(CCn3cccn3)CC2)C1. The number of amides is 1. The molecule has 0 saturated carbocycles. The van der Waals surface area contributed by atoms with E-state index in [1.165, 1.54) is 32.1 Å². The summed E-state index contributed by atoms with van der Waals surface area (Å²) in [5.41, 5.74) is 0. The Kier molecular flexibility index (Phi) is 6.30. The molecule has 2 aliphatic rings. The van der Waals surface area contributed by atoms with E-state index in [2.05, 4.69) is 21.8 Å². The second-order valence-corrected chi connectivity index (χ2v) is 7.68. The van der Waals surface area contributed by atoms with E-state index in [0.29, 0.717) is 18.2 Å². The molecule has 2 aliphatic heterocycles. The summed E-state index contributed by atoms with van der Waals surface area (Å²) in [6, 6.07) is 1.99. The third-order valence-electron chi connectivity index (χ3n) is 5.68. The normalized spacial score (nSPS) is 23.5. The number of piperidine rings is 2. The number of rotatable bonds is 6. The Balaban J connectivity index is 1.31. The van der Waals surface area contributed by atoms with E-state index in [1.807, 2.05) is 23.1 Å². The average Bonchev–Trinajstić information content (AvgIpc) is 3.12. The van der Waals surface area contributed by atoms with Gasteiger partial charge in [0.25, 0.3) is 0 Å². The molecule has 0 bridgehead atoms. The van der Waals surface area contributed by atoms with Crippen molar-refractivity contribution >= 4 is 5.91 Å². The molecule has 3 heterocycles. The Morgan fingerprint density at radius 1 is 1.17 bits per heavy atom. The van der Waals surface area contributed by atoms with E-state index < -0.39 is 0 Å². The van der Waals surface area contributed by atoms with Crippen LogP contribution in [0.3, 0.4) is 0 Å². The zero-order valence-electron chi connectivity index (χ0n) is 15.1. The van der Waals surface area contributed by atoms with Crippen LogP contribution in [-0.2, 0) is 11.3 Å². The highest BCUT2D eigenvalue weighted by atomic mass is 16.2. The van der Waals surface area contributed by atoms with Gasteiger partial charge in [-0.1, -0.05) is 6.92 Å². The van der Waals surface area contributed by atoms with Crippen LogP contribution >= 0.6 is 0 Å². The van der Waals surface area contributed by atoms with E-state index in [-0.39, 0.29) is 0 Å². The van der Waals surface area contributed by atoms with Crippen LogP contribution in [0.1, 0.15) is 45.4 Å². The number of nitrogens with zero attached hydrogens (tertiary/aromatic N) is 4. The van der Waals surface area contributed by atoms with Gasteiger partial charge in [0.05, 0.1) is 0 Å². The fraction of sp³-hybridized carbons (Fsp3) is 0.789. The standard InChI is InChI=1S/C19H32N4O/c1-17-4-2-10-22(16-17)19(24)8-14-21-12-5-18(6-13-21)7-15-23-11-3-9-20-23/h3,9,11,17-18H,2,4-8,10,12-16H2,1H3/t17-/m1/s1. The molecule has 0 radical (unpaired) electrons. The molecule has 0 aromatic carbocycles. The summed E-state index contributed by atoms with van der Waals surface area (Å²) in [6.07, 6.45) is 10.8. The molecule has 2 saturated heterocycles. The smallest absolute Gasteiger partial charge is 0.223 e. The predicted octanol–water partition coefficient (Wildman–Crippen LogP) is 2.63. The maximum atomic E-state index is 12.4. The summed E-state index contributed by atoms with van der Waals surface area (Å²) in [5, 5.41) is 4.28. The van der Waals surface area contributed by atoms with Gasteiger partial charge in [0.2, 0.25) is 5.91 Å². The number of carbonyl (C=O) groups is 1. The molecule has 0 spiro atoms. The molecular formula is C19H32N4O. The minimum absolute atomic E-state index is 0.363. The molecular weight excluding hydrogens is 300 g/mol. The van der Waals surface area contributed by atoms with E-state index >= 15 is 0 Å². The lowest BCUT2D eigenvalue weighted by atomic mass is 9.93. The van der Waals surface area contributed by atoms with E-state index in [1.54, 1.807) is 0 Å². The van der Waals surface area contributed by atoms with Gasteiger partial charge in [-0.3, -0.25) is 9.48 Å². The number of aromatic nitrogens is 2. The number of likely N-dealkylation sites (tertiary alicyclic amines) is 2. The summed E-state index contributed by atoms with van der Waals surface area (Å²) in [7, 11) is 0. The van der Waals surface area contributed by atoms with Gasteiger partial charge in [-0.2, -0.15) is 5.10 Å². The van der Waals surface area contributed by atoms with Crippen molar-refractivity contribution in [1.29, 1.82) is 0 Å². The highest BCUT2D eigenvalue weighted by Gasteiger charge is 2.23. The third-order valence-corrected chi connectivity index (χ3v) is 5.68. The van der Waals surface area contributed by atoms with Crippen molar-refractivity contribution in [1.82, 2.24) is 19.6 Å². The minimum atomic E-state index is 0.363. The van der Waals surface area contributed by atoms with Crippen LogP contribution in [0.25, 0.3) is 0 Å². The molecule has 1 amide bonds. The molecule has 2 fully saturated rings. The van der Waals surface area contributed by atoms with Crippen molar-refractivity contribution in [3.8, 4) is 0 Å². The van der Waals surface area contributed by atoms with Gasteiger partial charge >= 0.3 is 0 Å². The Labute approximate surface area is 146 Å². The monoisotopic (exact) mass is 332 g/mol. The second-order valence-electron chi connectivity index (χ2n) is 7.68. The summed E-state index contributed by atoms with van der Waals surface area (Å²) in [4.78, 5) is 16.9. The van der Waals surface area contributed by atoms with Crippen LogP contribution in [0, 0.1) is 11.8 Å². The van der Waals surface area contributed by atoms with Gasteiger partial charge in [0, 0.05) is 45.0 Å². The van der Waals surface area contributed by atoms with Crippen molar-refractivity contribution in [2.75, 3.05) is 32.7 Å². The number of carbonyl (C=O) groups excluding carboxylic acids is 1. The Morgan fingerprint density at radius 2 is 2.00 bits per heavy atom. The van der Waals surface area contributed by atoms with Crippen molar-refractivity contribution < 1.29 is 4.79 Å². The molecule has 24 heavy (non-hydrogen) atoms. The molecule has 134 valence electrons. The molecule has 0 N–H and O–H groups in total. The van der Waals surface area contributed by atoms with Crippen LogP contribution in [0.4, 0.5) is 0 Å². The minimum Gasteiger partial charge on any atom is -0.342 e. The molecule has 5 heteroatoms. The summed E-state index contributed by atoms with van der Waals surface area (Å²) < 4.78 is 2.03. The molecule has 1 atom stereocenters. The Hall–Kier alpha value is -1.36. The fourth-order valence-corrected chi connectivity index (χ4v) is 4.07. The number of aryl methyl sites for hydroxylation is 1. The molecule has 1 aromatic rings. The Morgan fingerprint density at radius 3 is 2.71 bits per heavy atom. The summed E-state index contributed by atoms with van der Waals surface area (Å²) in [6.45, 7) is 8.46. The van der Waals surface area contributed by atoms with Gasteiger partial charge in [-0.25, -0.2) is 0 Å². The molecule has 0 unspecified atom stereocenters. The lowest BCUT2D eigenvalue weighted by Crippen LogP contribution is -2.41. The van der Waals surface area contributed by atoms with E-state index in [9.17, 15) is 4.79 Å². The van der Waals surface area contributed by atoms with Crippen LogP contribution in [0.2, 0.25) is 0 Å². The predicted molar refractivity (Wildman–Crippen MR) is 95.6 cm³/mol.